The number of aromatic nitrogens is 1. The Hall–Kier alpha value is -3.46. The number of anilines is 1. The van der Waals surface area contributed by atoms with Crippen LogP contribution in [0.4, 0.5) is 19.3 Å². The second-order valence-electron chi connectivity index (χ2n) is 7.15. The van der Waals surface area contributed by atoms with E-state index in [0.29, 0.717) is 30.0 Å². The predicted molar refractivity (Wildman–Crippen MR) is 108 cm³/mol. The van der Waals surface area contributed by atoms with Gasteiger partial charge in [0, 0.05) is 31.9 Å². The molecule has 1 N–H and O–H groups in total. The highest BCUT2D eigenvalue weighted by molar-refractivity contribution is 5.86. The molecule has 1 fully saturated rings. The zero-order valence-corrected chi connectivity index (χ0v) is 16.1. The number of pyridine rings is 1. The van der Waals surface area contributed by atoms with Crippen molar-refractivity contribution in [3.8, 4) is 11.4 Å². The summed E-state index contributed by atoms with van der Waals surface area (Å²) in [5, 5.41) is 8.91. The molecule has 0 saturated carbocycles. The third-order valence-corrected chi connectivity index (χ3v) is 5.19. The van der Waals surface area contributed by atoms with Crippen LogP contribution in [0, 0.1) is 11.6 Å². The molecular weight excluding hydrogens is 396 g/mol. The summed E-state index contributed by atoms with van der Waals surface area (Å²) in [5.41, 5.74) is 0.430. The highest BCUT2D eigenvalue weighted by atomic mass is 19.1. The number of fused-ring (bicyclic) bond motifs is 1. The lowest BCUT2D eigenvalue weighted by Crippen LogP contribution is -2.44. The van der Waals surface area contributed by atoms with Crippen LogP contribution >= 0.6 is 0 Å². The third-order valence-electron chi connectivity index (χ3n) is 5.19. The summed E-state index contributed by atoms with van der Waals surface area (Å²) in [6.45, 7) is 2.79. The van der Waals surface area contributed by atoms with Crippen molar-refractivity contribution in [1.29, 1.82) is 0 Å². The van der Waals surface area contributed by atoms with Crippen LogP contribution in [0.25, 0.3) is 16.6 Å². The Bertz CT molecular complexity index is 1170. The number of nitrogens with zero attached hydrogens (tertiary/aromatic N) is 3. The lowest BCUT2D eigenvalue weighted by Gasteiger charge is -2.34. The van der Waals surface area contributed by atoms with Crippen molar-refractivity contribution in [3.63, 3.8) is 0 Å². The number of rotatable bonds is 3. The zero-order chi connectivity index (χ0) is 21.4. The third kappa shape index (κ3) is 3.71. The number of halogens is 2. The molecule has 156 valence electrons. The van der Waals surface area contributed by atoms with Gasteiger partial charge in [0.15, 0.2) is 5.75 Å². The Morgan fingerprint density at radius 2 is 1.73 bits per heavy atom. The summed E-state index contributed by atoms with van der Waals surface area (Å²) in [4.78, 5) is 27.8. The van der Waals surface area contributed by atoms with Gasteiger partial charge in [0.25, 0.3) is 0 Å². The smallest absolute Gasteiger partial charge is 0.449 e. The van der Waals surface area contributed by atoms with E-state index in [9.17, 15) is 18.4 Å². The Morgan fingerprint density at radius 3 is 2.37 bits per heavy atom. The molecule has 0 spiro atoms. The minimum atomic E-state index is -1.66. The van der Waals surface area contributed by atoms with Crippen molar-refractivity contribution in [2.45, 2.75) is 0 Å². The van der Waals surface area contributed by atoms with Gasteiger partial charge in [0.05, 0.1) is 22.8 Å². The molecule has 1 saturated heterocycles. The number of benzene rings is 2. The van der Waals surface area contributed by atoms with Gasteiger partial charge in [0.1, 0.15) is 11.6 Å². The normalized spacial score (nSPS) is 14.8. The zero-order valence-electron chi connectivity index (χ0n) is 16.1. The highest BCUT2D eigenvalue weighted by Crippen LogP contribution is 2.29. The molecule has 2 aromatic carbocycles. The van der Waals surface area contributed by atoms with Crippen LogP contribution < -0.4 is 15.1 Å². The molecule has 3 aromatic rings. The van der Waals surface area contributed by atoms with Gasteiger partial charge >= 0.3 is 6.16 Å². The second kappa shape index (κ2) is 7.75. The van der Waals surface area contributed by atoms with Gasteiger partial charge in [-0.05, 0) is 43.4 Å². The first-order valence-electron chi connectivity index (χ1n) is 9.32. The maximum Gasteiger partial charge on any atom is 0.511 e. The molecule has 0 aliphatic carbocycles. The van der Waals surface area contributed by atoms with Crippen LogP contribution in [-0.2, 0) is 0 Å². The molecule has 30 heavy (non-hydrogen) atoms. The fourth-order valence-corrected chi connectivity index (χ4v) is 3.58. The molecule has 0 amide bonds. The molecule has 0 radical (unpaired) electrons. The first kappa shape index (κ1) is 19.8. The van der Waals surface area contributed by atoms with E-state index >= 15 is 0 Å². The number of carboxylic acid groups (broad SMARTS) is 1. The van der Waals surface area contributed by atoms with Crippen molar-refractivity contribution in [3.05, 3.63) is 64.5 Å². The van der Waals surface area contributed by atoms with Gasteiger partial charge in [-0.2, -0.15) is 0 Å². The maximum atomic E-state index is 15.0. The predicted octanol–water partition coefficient (Wildman–Crippen LogP) is 3.08. The molecule has 1 aliphatic rings. The second-order valence-corrected chi connectivity index (χ2v) is 7.15. The first-order valence-corrected chi connectivity index (χ1v) is 9.32. The largest absolute Gasteiger partial charge is 0.511 e. The maximum absolute atomic E-state index is 15.0. The molecule has 1 aromatic heterocycles. The fourth-order valence-electron chi connectivity index (χ4n) is 3.58. The highest BCUT2D eigenvalue weighted by Gasteiger charge is 2.21. The molecular formula is C21H19F2N3O4. The Morgan fingerprint density at radius 1 is 1.07 bits per heavy atom. The molecule has 7 nitrogen and oxygen atoms in total. The first-order chi connectivity index (χ1) is 14.3. The van der Waals surface area contributed by atoms with E-state index in [1.807, 2.05) is 11.9 Å². The van der Waals surface area contributed by atoms with Crippen molar-refractivity contribution in [2.75, 3.05) is 38.1 Å². The summed E-state index contributed by atoms with van der Waals surface area (Å²) in [5.74, 6) is -1.50. The van der Waals surface area contributed by atoms with E-state index < -0.39 is 29.0 Å². The summed E-state index contributed by atoms with van der Waals surface area (Å²) in [7, 11) is 1.99. The van der Waals surface area contributed by atoms with E-state index in [-0.39, 0.29) is 5.39 Å². The van der Waals surface area contributed by atoms with E-state index in [2.05, 4.69) is 9.64 Å². The molecule has 2 heterocycles. The van der Waals surface area contributed by atoms with E-state index in [1.54, 1.807) is 6.07 Å². The van der Waals surface area contributed by atoms with Crippen LogP contribution in [0.15, 0.2) is 47.4 Å². The van der Waals surface area contributed by atoms with Crippen molar-refractivity contribution >= 4 is 22.7 Å². The number of likely N-dealkylation sites (N-methyl/N-ethyl adjacent to an activating group) is 1. The van der Waals surface area contributed by atoms with Gasteiger partial charge < -0.3 is 24.2 Å². The Labute approximate surface area is 170 Å². The summed E-state index contributed by atoms with van der Waals surface area (Å²) in [6, 6.07) is 8.08. The van der Waals surface area contributed by atoms with Crippen LogP contribution in [0.5, 0.6) is 5.75 Å². The van der Waals surface area contributed by atoms with Gasteiger partial charge in [-0.1, -0.05) is 0 Å². The van der Waals surface area contributed by atoms with E-state index in [4.69, 9.17) is 5.11 Å². The molecule has 0 atom stereocenters. The summed E-state index contributed by atoms with van der Waals surface area (Å²) < 4.78 is 34.5. The van der Waals surface area contributed by atoms with Crippen LogP contribution in [-0.4, -0.2) is 54.0 Å². The fraction of sp³-hybridized carbons (Fsp3) is 0.238. The summed E-state index contributed by atoms with van der Waals surface area (Å²) in [6.07, 6.45) is -0.441. The van der Waals surface area contributed by atoms with E-state index in [1.165, 1.54) is 35.0 Å². The topological polar surface area (TPSA) is 75.0 Å². The van der Waals surface area contributed by atoms with Crippen LogP contribution in [0.3, 0.4) is 0 Å². The number of hydrogen-bond acceptors (Lipinski definition) is 5. The standard InChI is InChI=1S/C21H19F2N3O4/c1-24-6-8-25(9-7-24)18-11-17-15(10-16(18)23)20(27)19(30-21(28)29)12-26(17)14-4-2-13(22)3-5-14/h2-5,10-12H,6-9H2,1H3,(H,28,29). The Balaban J connectivity index is 1.94. The molecule has 9 heteroatoms. The van der Waals surface area contributed by atoms with E-state index in [0.717, 1.165) is 19.2 Å². The molecule has 0 bridgehead atoms. The number of piperazine rings is 1. The Kier molecular flexibility index (Phi) is 5.13. The van der Waals surface area contributed by atoms with Crippen LogP contribution in [0.2, 0.25) is 0 Å². The number of hydrogen-bond donors (Lipinski definition) is 1. The van der Waals surface area contributed by atoms with Crippen molar-refractivity contribution < 1.29 is 23.4 Å². The summed E-state index contributed by atoms with van der Waals surface area (Å²) >= 11 is 0. The van der Waals surface area contributed by atoms with Gasteiger partial charge in [0.2, 0.25) is 5.43 Å². The van der Waals surface area contributed by atoms with Gasteiger partial charge in [-0.3, -0.25) is 4.79 Å². The quantitative estimate of drug-likeness (QED) is 0.663. The van der Waals surface area contributed by atoms with Crippen LogP contribution in [0.1, 0.15) is 0 Å². The monoisotopic (exact) mass is 415 g/mol. The van der Waals surface area contributed by atoms with Crippen molar-refractivity contribution in [2.24, 2.45) is 0 Å². The van der Waals surface area contributed by atoms with Gasteiger partial charge in [-0.25, -0.2) is 13.6 Å². The molecule has 0 unspecified atom stereocenters. The van der Waals surface area contributed by atoms with Gasteiger partial charge in [-0.15, -0.1) is 0 Å². The average Bonchev–Trinajstić information content (AvgIpc) is 2.71. The van der Waals surface area contributed by atoms with Crippen molar-refractivity contribution in [1.82, 2.24) is 9.47 Å². The number of ether oxygens (including phenoxy) is 1. The lowest BCUT2D eigenvalue weighted by molar-refractivity contribution is 0.144. The lowest BCUT2D eigenvalue weighted by atomic mass is 10.1. The minimum absolute atomic E-state index is 0.0338. The average molecular weight is 415 g/mol. The molecule has 4 rings (SSSR count). The number of carbonyl (C=O) groups is 1. The minimum Gasteiger partial charge on any atom is -0.449 e. The SMILES string of the molecule is CN1CCN(c2cc3c(cc2F)c(=O)c(OC(=O)O)cn3-c2ccc(F)cc2)CC1. The molecule has 1 aliphatic heterocycles.